The Hall–Kier alpha value is -3.55. The zero-order chi connectivity index (χ0) is 25.0. The lowest BCUT2D eigenvalue weighted by molar-refractivity contribution is -0.118. The van der Waals surface area contributed by atoms with Gasteiger partial charge in [-0.15, -0.1) is 0 Å². The molecule has 0 radical (unpaired) electrons. The molecule has 2 aliphatic heterocycles. The second kappa shape index (κ2) is 10.4. The Bertz CT molecular complexity index is 1270. The van der Waals surface area contributed by atoms with Crippen LogP contribution in [-0.2, 0) is 29.0 Å². The minimum absolute atomic E-state index is 0.0305. The van der Waals surface area contributed by atoms with Crippen molar-refractivity contribution in [3.05, 3.63) is 70.7 Å². The standard InChI is InChI=1S/C22H18N4O6S3/c27-17(9-21-25-19(29)11-33-21)23-13-1-5-15(6-2-13)35(31,32)16-7-3-14(4-8-16)24-18(28)10-22-26-20(30)12-34-22/h1-10H,11-12H2,(H,23,27)(H,24,28)(H,25,29)(H,26,30)/b21-9+,22-10+. The number of carbonyl (C=O) groups is 4. The molecule has 0 atom stereocenters. The van der Waals surface area contributed by atoms with Gasteiger partial charge in [-0.05, 0) is 48.5 Å². The molecule has 0 aliphatic carbocycles. The zero-order valence-electron chi connectivity index (χ0n) is 17.9. The Kier molecular flexibility index (Phi) is 7.28. The third-order valence-corrected chi connectivity index (χ3v) is 8.29. The molecule has 2 aliphatic rings. The summed E-state index contributed by atoms with van der Waals surface area (Å²) < 4.78 is 25.9. The van der Waals surface area contributed by atoms with E-state index in [1.807, 2.05) is 0 Å². The Labute approximate surface area is 208 Å². The average molecular weight is 531 g/mol. The van der Waals surface area contributed by atoms with E-state index in [0.29, 0.717) is 21.4 Å². The van der Waals surface area contributed by atoms with Gasteiger partial charge in [0.2, 0.25) is 21.7 Å². The minimum atomic E-state index is -3.83. The van der Waals surface area contributed by atoms with Crippen molar-refractivity contribution in [2.75, 3.05) is 22.1 Å². The molecule has 35 heavy (non-hydrogen) atoms. The van der Waals surface area contributed by atoms with Crippen LogP contribution in [0, 0.1) is 0 Å². The van der Waals surface area contributed by atoms with Gasteiger partial charge >= 0.3 is 0 Å². The Morgan fingerprint density at radius 2 is 1.09 bits per heavy atom. The lowest BCUT2D eigenvalue weighted by atomic mass is 10.3. The van der Waals surface area contributed by atoms with Crippen molar-refractivity contribution >= 4 is 68.4 Å². The summed E-state index contributed by atoms with van der Waals surface area (Å²) in [6, 6.07) is 11.4. The van der Waals surface area contributed by atoms with Gasteiger partial charge in [0, 0.05) is 23.5 Å². The number of hydrogen-bond donors (Lipinski definition) is 4. The summed E-state index contributed by atoms with van der Waals surface area (Å²) in [4.78, 5) is 46.6. The first-order valence-electron chi connectivity index (χ1n) is 10.0. The summed E-state index contributed by atoms with van der Waals surface area (Å²) in [5, 5.41) is 11.2. The van der Waals surface area contributed by atoms with E-state index in [1.165, 1.54) is 84.2 Å². The fourth-order valence-electron chi connectivity index (χ4n) is 3.03. The second-order valence-electron chi connectivity index (χ2n) is 7.22. The zero-order valence-corrected chi connectivity index (χ0v) is 20.3. The molecular formula is C22H18N4O6S3. The van der Waals surface area contributed by atoms with Crippen LogP contribution < -0.4 is 21.3 Å². The van der Waals surface area contributed by atoms with E-state index in [0.717, 1.165) is 0 Å². The Balaban J connectivity index is 1.39. The smallest absolute Gasteiger partial charge is 0.250 e. The lowest BCUT2D eigenvalue weighted by Gasteiger charge is -2.08. The number of nitrogens with one attached hydrogen (secondary N) is 4. The summed E-state index contributed by atoms with van der Waals surface area (Å²) in [5.74, 6) is -0.727. The van der Waals surface area contributed by atoms with Crippen LogP contribution in [0.5, 0.6) is 0 Å². The third kappa shape index (κ3) is 6.32. The molecule has 2 heterocycles. The third-order valence-electron chi connectivity index (χ3n) is 4.63. The van der Waals surface area contributed by atoms with Gasteiger partial charge in [0.15, 0.2) is 0 Å². The van der Waals surface area contributed by atoms with Crippen LogP contribution in [0.4, 0.5) is 11.4 Å². The normalized spacial score (nSPS) is 17.8. The molecule has 0 aromatic heterocycles. The number of thioether (sulfide) groups is 2. The molecule has 10 nitrogen and oxygen atoms in total. The highest BCUT2D eigenvalue weighted by Gasteiger charge is 2.19. The molecule has 180 valence electrons. The molecule has 2 fully saturated rings. The number of rotatable bonds is 6. The number of carbonyl (C=O) groups excluding carboxylic acids is 4. The van der Waals surface area contributed by atoms with Crippen molar-refractivity contribution in [2.24, 2.45) is 0 Å². The summed E-state index contributed by atoms with van der Waals surface area (Å²) in [5.41, 5.74) is 0.785. The van der Waals surface area contributed by atoms with Crippen LogP contribution in [-0.4, -0.2) is 43.6 Å². The summed E-state index contributed by atoms with van der Waals surface area (Å²) >= 11 is 2.44. The van der Waals surface area contributed by atoms with Crippen LogP contribution >= 0.6 is 23.5 Å². The molecule has 0 unspecified atom stereocenters. The number of anilines is 2. The van der Waals surface area contributed by atoms with Gasteiger partial charge in [-0.25, -0.2) is 8.42 Å². The highest BCUT2D eigenvalue weighted by Crippen LogP contribution is 2.25. The maximum atomic E-state index is 12.9. The van der Waals surface area contributed by atoms with Gasteiger partial charge in [0.05, 0.1) is 31.4 Å². The number of sulfone groups is 1. The first kappa shape index (κ1) is 24.6. The maximum absolute atomic E-state index is 12.9. The number of benzene rings is 2. The minimum Gasteiger partial charge on any atom is -0.322 e. The van der Waals surface area contributed by atoms with Crippen molar-refractivity contribution in [1.29, 1.82) is 0 Å². The van der Waals surface area contributed by atoms with E-state index in [4.69, 9.17) is 0 Å². The van der Waals surface area contributed by atoms with Crippen molar-refractivity contribution < 1.29 is 27.6 Å². The average Bonchev–Trinajstić information content (AvgIpc) is 3.41. The van der Waals surface area contributed by atoms with E-state index < -0.39 is 21.7 Å². The fraction of sp³-hybridized carbons (Fsp3) is 0.0909. The first-order valence-corrected chi connectivity index (χ1v) is 13.5. The molecule has 0 bridgehead atoms. The van der Waals surface area contributed by atoms with Crippen LogP contribution in [0.15, 0.2) is 80.5 Å². The van der Waals surface area contributed by atoms with E-state index >= 15 is 0 Å². The highest BCUT2D eigenvalue weighted by atomic mass is 32.2. The quantitative estimate of drug-likeness (QED) is 0.413. The predicted molar refractivity (Wildman–Crippen MR) is 133 cm³/mol. The molecule has 4 N–H and O–H groups in total. The van der Waals surface area contributed by atoms with Crippen molar-refractivity contribution in [1.82, 2.24) is 10.6 Å². The van der Waals surface area contributed by atoms with Crippen molar-refractivity contribution in [2.45, 2.75) is 9.79 Å². The molecule has 0 spiro atoms. The van der Waals surface area contributed by atoms with Crippen molar-refractivity contribution in [3.8, 4) is 0 Å². The molecule has 13 heteroatoms. The van der Waals surface area contributed by atoms with E-state index in [9.17, 15) is 27.6 Å². The molecule has 2 aromatic rings. The summed E-state index contributed by atoms with van der Waals surface area (Å²) in [7, 11) is -3.83. The topological polar surface area (TPSA) is 151 Å². The van der Waals surface area contributed by atoms with Crippen LogP contribution in [0.1, 0.15) is 0 Å². The second-order valence-corrected chi connectivity index (χ2v) is 11.2. The SMILES string of the molecule is O=C(/C=C1\NC(=O)CS1)Nc1ccc(S(=O)(=O)c2ccc(NC(=O)/C=C3\NC(=O)CS3)cc2)cc1. The fourth-order valence-corrected chi connectivity index (χ4v) is 5.76. The summed E-state index contributed by atoms with van der Waals surface area (Å²) in [6.07, 6.45) is 2.53. The first-order chi connectivity index (χ1) is 16.7. The van der Waals surface area contributed by atoms with Gasteiger partial charge in [-0.2, -0.15) is 0 Å². The molecule has 2 aromatic carbocycles. The van der Waals surface area contributed by atoms with Gasteiger partial charge in [-0.3, -0.25) is 19.2 Å². The van der Waals surface area contributed by atoms with Crippen LogP contribution in [0.2, 0.25) is 0 Å². The van der Waals surface area contributed by atoms with Gasteiger partial charge in [-0.1, -0.05) is 23.5 Å². The molecule has 4 amide bonds. The molecule has 4 rings (SSSR count). The molecule has 2 saturated heterocycles. The van der Waals surface area contributed by atoms with Gasteiger partial charge < -0.3 is 21.3 Å². The number of amides is 4. The Morgan fingerprint density at radius 1 is 0.714 bits per heavy atom. The highest BCUT2D eigenvalue weighted by molar-refractivity contribution is 8.04. The van der Waals surface area contributed by atoms with E-state index in [-0.39, 0.29) is 33.1 Å². The van der Waals surface area contributed by atoms with Crippen LogP contribution in [0.3, 0.4) is 0 Å². The summed E-state index contributed by atoms with van der Waals surface area (Å²) in [6.45, 7) is 0. The maximum Gasteiger partial charge on any atom is 0.250 e. The van der Waals surface area contributed by atoms with Gasteiger partial charge in [0.25, 0.3) is 11.8 Å². The van der Waals surface area contributed by atoms with E-state index in [1.54, 1.807) is 0 Å². The van der Waals surface area contributed by atoms with Gasteiger partial charge in [0.1, 0.15) is 0 Å². The van der Waals surface area contributed by atoms with Crippen molar-refractivity contribution in [3.63, 3.8) is 0 Å². The lowest BCUT2D eigenvalue weighted by Crippen LogP contribution is -2.16. The number of hydrogen-bond acceptors (Lipinski definition) is 8. The predicted octanol–water partition coefficient (Wildman–Crippen LogP) is 1.81. The molecule has 0 saturated carbocycles. The monoisotopic (exact) mass is 530 g/mol. The van der Waals surface area contributed by atoms with E-state index in [2.05, 4.69) is 21.3 Å². The molecular weight excluding hydrogens is 512 g/mol. The Morgan fingerprint density at radius 3 is 1.40 bits per heavy atom. The largest absolute Gasteiger partial charge is 0.322 e. The van der Waals surface area contributed by atoms with Crippen LogP contribution in [0.25, 0.3) is 0 Å².